The van der Waals surface area contributed by atoms with E-state index < -0.39 is 0 Å². The Hall–Kier alpha value is -1.05. The zero-order chi connectivity index (χ0) is 20.5. The molecule has 2 saturated heterocycles. The normalized spacial score (nSPS) is 20.4. The molecule has 3 rings (SSSR count). The molecule has 2 aliphatic heterocycles. The van der Waals surface area contributed by atoms with Gasteiger partial charge in [-0.3, -0.25) is 9.89 Å². The fourth-order valence-electron chi connectivity index (χ4n) is 3.92. The molecule has 2 N–H and O–H groups in total. The molecule has 0 bridgehead atoms. The average molecular weight is 443 g/mol. The van der Waals surface area contributed by atoms with Crippen molar-refractivity contribution < 1.29 is 9.47 Å². The van der Waals surface area contributed by atoms with Crippen LogP contribution in [0, 0.1) is 0 Å². The maximum Gasteiger partial charge on any atom is 0.191 e. The molecule has 1 aromatic rings. The lowest BCUT2D eigenvalue weighted by Gasteiger charge is -2.37. The number of hydrogen-bond acceptors (Lipinski definition) is 4. The summed E-state index contributed by atoms with van der Waals surface area (Å²) in [5, 5.41) is 8.20. The van der Waals surface area contributed by atoms with Gasteiger partial charge < -0.3 is 20.1 Å². The molecule has 2 aliphatic rings. The zero-order valence-electron chi connectivity index (χ0n) is 17.2. The number of rotatable bonds is 7. The third-order valence-electron chi connectivity index (χ3n) is 5.66. The Morgan fingerprint density at radius 3 is 2.52 bits per heavy atom. The van der Waals surface area contributed by atoms with Crippen LogP contribution >= 0.6 is 23.2 Å². The lowest BCUT2D eigenvalue weighted by Crippen LogP contribution is -2.45. The number of nitrogens with one attached hydrogen (secondary N) is 2. The van der Waals surface area contributed by atoms with Crippen molar-refractivity contribution in [1.29, 1.82) is 0 Å². The van der Waals surface area contributed by atoms with Crippen molar-refractivity contribution in [2.75, 3.05) is 65.7 Å². The van der Waals surface area contributed by atoms with Crippen molar-refractivity contribution in [2.45, 2.75) is 25.2 Å². The van der Waals surface area contributed by atoms with E-state index in [1.165, 1.54) is 0 Å². The van der Waals surface area contributed by atoms with Gasteiger partial charge in [0, 0.05) is 61.4 Å². The summed E-state index contributed by atoms with van der Waals surface area (Å²) in [5.74, 6) is 0.844. The van der Waals surface area contributed by atoms with Gasteiger partial charge in [0.15, 0.2) is 5.96 Å². The van der Waals surface area contributed by atoms with Crippen LogP contribution in [0.25, 0.3) is 0 Å². The third kappa shape index (κ3) is 6.46. The highest BCUT2D eigenvalue weighted by Crippen LogP contribution is 2.39. The van der Waals surface area contributed by atoms with Gasteiger partial charge in [0.1, 0.15) is 0 Å². The van der Waals surface area contributed by atoms with Gasteiger partial charge in [-0.15, -0.1) is 0 Å². The van der Waals surface area contributed by atoms with E-state index in [1.807, 2.05) is 18.2 Å². The van der Waals surface area contributed by atoms with Crippen LogP contribution in [0.15, 0.2) is 23.2 Å². The summed E-state index contributed by atoms with van der Waals surface area (Å²) in [7, 11) is 0. The molecule has 2 fully saturated rings. The smallest absolute Gasteiger partial charge is 0.191 e. The van der Waals surface area contributed by atoms with Gasteiger partial charge in [-0.25, -0.2) is 0 Å². The average Bonchev–Trinajstić information content (AvgIpc) is 2.73. The van der Waals surface area contributed by atoms with Crippen molar-refractivity contribution in [2.24, 2.45) is 4.99 Å². The summed E-state index contributed by atoms with van der Waals surface area (Å²) >= 11 is 12.7. The second kappa shape index (κ2) is 11.4. The lowest BCUT2D eigenvalue weighted by molar-refractivity contribution is 0.0389. The van der Waals surface area contributed by atoms with Crippen LogP contribution in [0.4, 0.5) is 0 Å². The van der Waals surface area contributed by atoms with E-state index in [4.69, 9.17) is 37.7 Å². The molecule has 1 aromatic carbocycles. The molecule has 0 unspecified atom stereocenters. The van der Waals surface area contributed by atoms with Gasteiger partial charge in [0.05, 0.1) is 19.8 Å². The van der Waals surface area contributed by atoms with Gasteiger partial charge in [0.25, 0.3) is 0 Å². The minimum atomic E-state index is -0.132. The van der Waals surface area contributed by atoms with Crippen molar-refractivity contribution in [1.82, 2.24) is 15.5 Å². The summed E-state index contributed by atoms with van der Waals surface area (Å²) in [6.45, 7) is 10.5. The first-order chi connectivity index (χ1) is 14.1. The summed E-state index contributed by atoms with van der Waals surface area (Å²) in [4.78, 5) is 7.35. The van der Waals surface area contributed by atoms with Crippen molar-refractivity contribution in [3.63, 3.8) is 0 Å². The Morgan fingerprint density at radius 1 is 1.10 bits per heavy atom. The van der Waals surface area contributed by atoms with Crippen LogP contribution in [0.3, 0.4) is 0 Å². The fourth-order valence-corrected chi connectivity index (χ4v) is 4.53. The Kier molecular flexibility index (Phi) is 8.87. The number of guanidine groups is 1. The van der Waals surface area contributed by atoms with Crippen LogP contribution in [0.1, 0.15) is 25.3 Å². The van der Waals surface area contributed by atoms with Crippen LogP contribution in [-0.4, -0.2) is 76.6 Å². The first-order valence-electron chi connectivity index (χ1n) is 10.5. The van der Waals surface area contributed by atoms with E-state index >= 15 is 0 Å². The molecule has 6 nitrogen and oxygen atoms in total. The maximum absolute atomic E-state index is 6.58. The minimum absolute atomic E-state index is 0.132. The highest BCUT2D eigenvalue weighted by Gasteiger charge is 2.36. The summed E-state index contributed by atoms with van der Waals surface area (Å²) in [6, 6.07) is 5.78. The van der Waals surface area contributed by atoms with E-state index in [0.29, 0.717) is 16.6 Å². The standard InChI is InChI=1S/C21H32Cl2N4O2/c1-2-24-20(25-7-8-27-9-13-29-14-10-27)26-16-21(5-11-28-12-6-21)18-4-3-17(22)15-19(18)23/h3-4,15H,2,5-14,16H2,1H3,(H2,24,25,26). The number of benzene rings is 1. The quantitative estimate of drug-likeness (QED) is 0.502. The molecule has 0 aliphatic carbocycles. The molecule has 0 amide bonds. The highest BCUT2D eigenvalue weighted by atomic mass is 35.5. The van der Waals surface area contributed by atoms with Crippen molar-refractivity contribution in [3.8, 4) is 0 Å². The zero-order valence-corrected chi connectivity index (χ0v) is 18.7. The summed E-state index contributed by atoms with van der Waals surface area (Å²) in [6.07, 6.45) is 1.79. The monoisotopic (exact) mass is 442 g/mol. The first kappa shape index (κ1) is 22.6. The second-order valence-electron chi connectivity index (χ2n) is 7.59. The molecular formula is C21H32Cl2N4O2. The van der Waals surface area contributed by atoms with Gasteiger partial charge in [-0.05, 0) is 37.5 Å². The van der Waals surface area contributed by atoms with E-state index in [9.17, 15) is 0 Å². The Balaban J connectivity index is 1.67. The molecule has 29 heavy (non-hydrogen) atoms. The summed E-state index contributed by atoms with van der Waals surface area (Å²) in [5.41, 5.74) is 0.978. The van der Waals surface area contributed by atoms with Crippen molar-refractivity contribution >= 4 is 29.2 Å². The second-order valence-corrected chi connectivity index (χ2v) is 8.44. The number of morpholine rings is 1. The maximum atomic E-state index is 6.58. The number of aliphatic imine (C=N–C) groups is 1. The van der Waals surface area contributed by atoms with Crippen LogP contribution in [0.5, 0.6) is 0 Å². The van der Waals surface area contributed by atoms with Gasteiger partial charge >= 0.3 is 0 Å². The number of halogens is 2. The molecule has 2 heterocycles. The SMILES string of the molecule is CCNC(=NCC1(c2ccc(Cl)cc2Cl)CCOCC1)NCCN1CCOCC1. The number of nitrogens with zero attached hydrogens (tertiary/aromatic N) is 2. The molecular weight excluding hydrogens is 411 g/mol. The molecule has 0 aromatic heterocycles. The number of ether oxygens (including phenoxy) is 2. The van der Waals surface area contributed by atoms with Gasteiger partial charge in [-0.1, -0.05) is 29.3 Å². The molecule has 162 valence electrons. The topological polar surface area (TPSA) is 58.1 Å². The lowest BCUT2D eigenvalue weighted by atomic mass is 9.74. The van der Waals surface area contributed by atoms with E-state index in [-0.39, 0.29) is 5.41 Å². The summed E-state index contributed by atoms with van der Waals surface area (Å²) < 4.78 is 11.0. The van der Waals surface area contributed by atoms with Gasteiger partial charge in [-0.2, -0.15) is 0 Å². The molecule has 0 saturated carbocycles. The minimum Gasteiger partial charge on any atom is -0.381 e. The van der Waals surface area contributed by atoms with Crippen LogP contribution in [-0.2, 0) is 14.9 Å². The predicted octanol–water partition coefficient (Wildman–Crippen LogP) is 2.93. The molecule has 0 radical (unpaired) electrons. The molecule has 0 atom stereocenters. The predicted molar refractivity (Wildman–Crippen MR) is 119 cm³/mol. The number of hydrogen-bond donors (Lipinski definition) is 2. The van der Waals surface area contributed by atoms with Crippen molar-refractivity contribution in [3.05, 3.63) is 33.8 Å². The van der Waals surface area contributed by atoms with E-state index in [1.54, 1.807) is 0 Å². The van der Waals surface area contributed by atoms with E-state index in [0.717, 1.165) is 83.5 Å². The van der Waals surface area contributed by atoms with Gasteiger partial charge in [0.2, 0.25) is 0 Å². The van der Waals surface area contributed by atoms with Crippen LogP contribution < -0.4 is 10.6 Å². The molecule has 0 spiro atoms. The first-order valence-corrected chi connectivity index (χ1v) is 11.2. The Bertz CT molecular complexity index is 675. The third-order valence-corrected chi connectivity index (χ3v) is 6.21. The van der Waals surface area contributed by atoms with E-state index in [2.05, 4.69) is 22.5 Å². The fraction of sp³-hybridized carbons (Fsp3) is 0.667. The highest BCUT2D eigenvalue weighted by molar-refractivity contribution is 6.35. The Morgan fingerprint density at radius 2 is 1.83 bits per heavy atom. The largest absolute Gasteiger partial charge is 0.381 e. The molecule has 8 heteroatoms. The van der Waals surface area contributed by atoms with Crippen LogP contribution in [0.2, 0.25) is 10.0 Å². The Labute approximate surface area is 183 Å².